The molecule has 0 saturated carbocycles. The largest absolute Gasteiger partial charge is 0.362 e. The number of aromatic nitrogens is 2. The van der Waals surface area contributed by atoms with Gasteiger partial charge in [0.1, 0.15) is 5.52 Å². The Morgan fingerprint density at radius 2 is 1.94 bits per heavy atom. The van der Waals surface area contributed by atoms with Gasteiger partial charge in [-0.05, 0) is 48.8 Å². The molecule has 3 nitrogen and oxygen atoms in total. The van der Waals surface area contributed by atoms with Gasteiger partial charge >= 0.3 is 0 Å². The topological polar surface area (TPSA) is 37.8 Å². The second kappa shape index (κ2) is 4.22. The number of para-hydroxylation sites is 1. The van der Waals surface area contributed by atoms with Crippen LogP contribution in [0.5, 0.6) is 0 Å². The SMILES string of the molecule is CC(C)(C)Nc1nc2cccc(Br)c2nc1F. The maximum absolute atomic E-state index is 13.8. The minimum absolute atomic E-state index is 0.183. The fourth-order valence-corrected chi connectivity index (χ4v) is 1.90. The van der Waals surface area contributed by atoms with E-state index in [2.05, 4.69) is 31.2 Å². The van der Waals surface area contributed by atoms with Crippen molar-refractivity contribution in [3.8, 4) is 0 Å². The second-order valence-corrected chi connectivity index (χ2v) is 5.70. The van der Waals surface area contributed by atoms with E-state index >= 15 is 0 Å². The number of halogens is 2. The lowest BCUT2D eigenvalue weighted by Crippen LogP contribution is -2.27. The van der Waals surface area contributed by atoms with Crippen LogP contribution in [0.2, 0.25) is 0 Å². The molecule has 0 unspecified atom stereocenters. The predicted molar refractivity (Wildman–Crippen MR) is 70.6 cm³/mol. The van der Waals surface area contributed by atoms with Gasteiger partial charge in [0.15, 0.2) is 5.82 Å². The van der Waals surface area contributed by atoms with Crippen LogP contribution in [0.1, 0.15) is 20.8 Å². The minimum Gasteiger partial charge on any atom is -0.362 e. The van der Waals surface area contributed by atoms with Crippen molar-refractivity contribution in [3.63, 3.8) is 0 Å². The molecule has 1 heterocycles. The minimum atomic E-state index is -0.584. The Balaban J connectivity index is 2.56. The number of nitrogens with one attached hydrogen (secondary N) is 1. The number of anilines is 1. The Labute approximate surface area is 108 Å². The lowest BCUT2D eigenvalue weighted by Gasteiger charge is -2.21. The smallest absolute Gasteiger partial charge is 0.256 e. The molecule has 0 atom stereocenters. The maximum Gasteiger partial charge on any atom is 0.256 e. The first-order valence-corrected chi connectivity index (χ1v) is 6.06. The van der Waals surface area contributed by atoms with Crippen LogP contribution in [0.25, 0.3) is 11.0 Å². The Morgan fingerprint density at radius 1 is 1.24 bits per heavy atom. The van der Waals surface area contributed by atoms with E-state index in [1.807, 2.05) is 32.9 Å². The van der Waals surface area contributed by atoms with Gasteiger partial charge in [-0.3, -0.25) is 0 Å². The average molecular weight is 298 g/mol. The Hall–Kier alpha value is -1.23. The molecule has 0 aliphatic rings. The Bertz CT molecular complexity index is 563. The molecular weight excluding hydrogens is 285 g/mol. The molecule has 0 saturated heterocycles. The lowest BCUT2D eigenvalue weighted by molar-refractivity contribution is 0.566. The van der Waals surface area contributed by atoms with Crippen LogP contribution >= 0.6 is 15.9 Å². The molecule has 1 aromatic heterocycles. The van der Waals surface area contributed by atoms with Crippen molar-refractivity contribution in [1.29, 1.82) is 0 Å². The van der Waals surface area contributed by atoms with Crippen LogP contribution in [-0.2, 0) is 0 Å². The molecule has 0 spiro atoms. The number of hydrogen-bond donors (Lipinski definition) is 1. The molecule has 0 aliphatic heterocycles. The highest BCUT2D eigenvalue weighted by Crippen LogP contribution is 2.24. The van der Waals surface area contributed by atoms with Crippen LogP contribution in [-0.4, -0.2) is 15.5 Å². The fourth-order valence-electron chi connectivity index (χ4n) is 1.46. The second-order valence-electron chi connectivity index (χ2n) is 4.85. The van der Waals surface area contributed by atoms with Gasteiger partial charge in [-0.15, -0.1) is 0 Å². The Morgan fingerprint density at radius 3 is 2.59 bits per heavy atom. The molecule has 0 radical (unpaired) electrons. The van der Waals surface area contributed by atoms with Gasteiger partial charge in [-0.1, -0.05) is 6.07 Å². The summed E-state index contributed by atoms with van der Waals surface area (Å²) in [5, 5.41) is 3.00. The third kappa shape index (κ3) is 2.72. The normalized spacial score (nSPS) is 11.8. The molecule has 0 amide bonds. The number of rotatable bonds is 1. The summed E-state index contributed by atoms with van der Waals surface area (Å²) in [6.07, 6.45) is 0. The van der Waals surface area contributed by atoms with Crippen LogP contribution in [0.4, 0.5) is 10.2 Å². The van der Waals surface area contributed by atoms with Crippen molar-refractivity contribution in [3.05, 3.63) is 28.6 Å². The number of fused-ring (bicyclic) bond motifs is 1. The molecule has 0 fully saturated rings. The Kier molecular flexibility index (Phi) is 3.03. The van der Waals surface area contributed by atoms with E-state index < -0.39 is 5.95 Å². The predicted octanol–water partition coefficient (Wildman–Crippen LogP) is 3.74. The zero-order valence-electron chi connectivity index (χ0n) is 9.88. The van der Waals surface area contributed by atoms with E-state index in [-0.39, 0.29) is 11.4 Å². The third-order valence-electron chi connectivity index (χ3n) is 2.10. The first kappa shape index (κ1) is 12.2. The molecule has 2 rings (SSSR count). The van der Waals surface area contributed by atoms with Gasteiger partial charge in [0.05, 0.1) is 5.52 Å². The maximum atomic E-state index is 13.8. The van der Waals surface area contributed by atoms with Crippen molar-refractivity contribution in [2.45, 2.75) is 26.3 Å². The van der Waals surface area contributed by atoms with Crippen LogP contribution in [0.3, 0.4) is 0 Å². The summed E-state index contributed by atoms with van der Waals surface area (Å²) in [4.78, 5) is 8.16. The van der Waals surface area contributed by atoms with Crippen LogP contribution in [0, 0.1) is 5.95 Å². The number of hydrogen-bond acceptors (Lipinski definition) is 3. The highest BCUT2D eigenvalue weighted by molar-refractivity contribution is 9.10. The number of benzene rings is 1. The van der Waals surface area contributed by atoms with Crippen molar-refractivity contribution >= 4 is 32.8 Å². The molecule has 5 heteroatoms. The quantitative estimate of drug-likeness (QED) is 0.871. The summed E-state index contributed by atoms with van der Waals surface area (Å²) in [7, 11) is 0. The summed E-state index contributed by atoms with van der Waals surface area (Å²) in [6.45, 7) is 5.83. The average Bonchev–Trinajstić information content (AvgIpc) is 2.19. The third-order valence-corrected chi connectivity index (χ3v) is 2.74. The van der Waals surface area contributed by atoms with E-state index in [0.29, 0.717) is 11.0 Å². The monoisotopic (exact) mass is 297 g/mol. The van der Waals surface area contributed by atoms with Crippen LogP contribution in [0.15, 0.2) is 22.7 Å². The first-order chi connectivity index (χ1) is 7.87. The summed E-state index contributed by atoms with van der Waals surface area (Å²) < 4.78 is 14.5. The van der Waals surface area contributed by atoms with Crippen molar-refractivity contribution < 1.29 is 4.39 Å². The van der Waals surface area contributed by atoms with Crippen molar-refractivity contribution in [2.24, 2.45) is 0 Å². The molecule has 0 bridgehead atoms. The molecule has 17 heavy (non-hydrogen) atoms. The van der Waals surface area contributed by atoms with Gasteiger partial charge in [0.25, 0.3) is 5.95 Å². The first-order valence-electron chi connectivity index (χ1n) is 5.27. The van der Waals surface area contributed by atoms with Crippen molar-refractivity contribution in [1.82, 2.24) is 9.97 Å². The summed E-state index contributed by atoms with van der Waals surface area (Å²) in [6, 6.07) is 5.47. The molecule has 90 valence electrons. The lowest BCUT2D eigenvalue weighted by atomic mass is 10.1. The van der Waals surface area contributed by atoms with Gasteiger partial charge in [0.2, 0.25) is 0 Å². The van der Waals surface area contributed by atoms with Crippen molar-refractivity contribution in [2.75, 3.05) is 5.32 Å². The highest BCUT2D eigenvalue weighted by Gasteiger charge is 2.16. The van der Waals surface area contributed by atoms with Gasteiger partial charge < -0.3 is 5.32 Å². The van der Waals surface area contributed by atoms with Gasteiger partial charge in [-0.25, -0.2) is 9.97 Å². The summed E-state index contributed by atoms with van der Waals surface area (Å²) in [5.74, 6) is -0.401. The zero-order valence-corrected chi connectivity index (χ0v) is 11.5. The number of nitrogens with zero attached hydrogens (tertiary/aromatic N) is 2. The van der Waals surface area contributed by atoms with Crippen LogP contribution < -0.4 is 5.32 Å². The summed E-state index contributed by atoms with van der Waals surface area (Å²) in [5.41, 5.74) is 0.937. The van der Waals surface area contributed by atoms with E-state index in [9.17, 15) is 4.39 Å². The highest BCUT2D eigenvalue weighted by atomic mass is 79.9. The van der Waals surface area contributed by atoms with Gasteiger partial charge in [-0.2, -0.15) is 4.39 Å². The van der Waals surface area contributed by atoms with E-state index in [4.69, 9.17) is 0 Å². The van der Waals surface area contributed by atoms with Gasteiger partial charge in [0, 0.05) is 10.0 Å². The molecule has 1 N–H and O–H groups in total. The van der Waals surface area contributed by atoms with E-state index in [0.717, 1.165) is 4.47 Å². The van der Waals surface area contributed by atoms with E-state index in [1.54, 1.807) is 6.07 Å². The van der Waals surface area contributed by atoms with E-state index in [1.165, 1.54) is 0 Å². The zero-order chi connectivity index (χ0) is 12.6. The molecular formula is C12H13BrFN3. The molecule has 2 aromatic rings. The fraction of sp³-hybridized carbons (Fsp3) is 0.333. The standard InChI is InChI=1S/C12H13BrFN3/c1-12(2,3)17-11-10(14)16-9-7(13)5-4-6-8(9)15-11/h4-6H,1-3H3,(H,15,17). The molecule has 1 aromatic carbocycles. The molecule has 0 aliphatic carbocycles. The summed E-state index contributed by atoms with van der Waals surface area (Å²) >= 11 is 3.33.